The van der Waals surface area contributed by atoms with E-state index in [1.807, 2.05) is 17.8 Å². The van der Waals surface area contributed by atoms with Crippen molar-refractivity contribution in [2.24, 2.45) is 7.05 Å². The molecule has 0 fully saturated rings. The van der Waals surface area contributed by atoms with Crippen LogP contribution in [0, 0.1) is 11.6 Å². The second-order valence-corrected chi connectivity index (χ2v) is 6.45. The van der Waals surface area contributed by atoms with Gasteiger partial charge in [-0.2, -0.15) is 0 Å². The molecule has 5 aromatic rings. The van der Waals surface area contributed by atoms with Gasteiger partial charge in [-0.05, 0) is 42.5 Å². The predicted molar refractivity (Wildman–Crippen MR) is 103 cm³/mol. The Morgan fingerprint density at radius 2 is 1.79 bits per heavy atom. The third-order valence-corrected chi connectivity index (χ3v) is 4.56. The molecule has 0 spiro atoms. The van der Waals surface area contributed by atoms with Crippen molar-refractivity contribution in [2.75, 3.05) is 5.32 Å². The molecule has 138 valence electrons. The number of halogens is 2. The van der Waals surface area contributed by atoms with Crippen molar-refractivity contribution in [1.29, 1.82) is 0 Å². The van der Waals surface area contributed by atoms with Crippen LogP contribution in [-0.4, -0.2) is 24.5 Å². The Morgan fingerprint density at radius 3 is 2.61 bits per heavy atom. The van der Waals surface area contributed by atoms with Gasteiger partial charge in [0.25, 0.3) is 0 Å². The minimum absolute atomic E-state index is 0.312. The number of nitrogens with one attached hydrogen (secondary N) is 2. The number of hydrogen-bond acceptors (Lipinski definition) is 4. The van der Waals surface area contributed by atoms with Gasteiger partial charge < -0.3 is 14.9 Å². The van der Waals surface area contributed by atoms with Crippen molar-refractivity contribution in [3.63, 3.8) is 0 Å². The number of nitrogens with zero attached hydrogens (tertiary/aromatic N) is 4. The SMILES string of the molecule is Cn1cc(-c2nc3ccc(F)cc3[nH]2)c2c(Nc3ccc(F)cc3)ncnc21. The summed E-state index contributed by atoms with van der Waals surface area (Å²) in [6, 6.07) is 10.4. The number of imidazole rings is 1. The quantitative estimate of drug-likeness (QED) is 0.485. The lowest BCUT2D eigenvalue weighted by Crippen LogP contribution is -1.97. The van der Waals surface area contributed by atoms with Gasteiger partial charge >= 0.3 is 0 Å². The van der Waals surface area contributed by atoms with E-state index in [2.05, 4.69) is 25.3 Å². The largest absolute Gasteiger partial charge is 0.340 e. The van der Waals surface area contributed by atoms with Crippen LogP contribution >= 0.6 is 0 Å². The second-order valence-electron chi connectivity index (χ2n) is 6.45. The molecule has 0 amide bonds. The number of hydrogen-bond donors (Lipinski definition) is 2. The number of anilines is 2. The molecule has 0 saturated carbocycles. The highest BCUT2D eigenvalue weighted by atomic mass is 19.1. The molecule has 5 rings (SSSR count). The van der Waals surface area contributed by atoms with Gasteiger partial charge in [0.2, 0.25) is 0 Å². The number of aromatic nitrogens is 5. The normalized spacial score (nSPS) is 11.4. The van der Waals surface area contributed by atoms with Crippen molar-refractivity contribution in [1.82, 2.24) is 24.5 Å². The molecule has 6 nitrogen and oxygen atoms in total. The molecule has 3 aromatic heterocycles. The summed E-state index contributed by atoms with van der Waals surface area (Å²) in [4.78, 5) is 16.5. The minimum Gasteiger partial charge on any atom is -0.340 e. The molecule has 3 heterocycles. The molecule has 0 aliphatic rings. The molecule has 28 heavy (non-hydrogen) atoms. The van der Waals surface area contributed by atoms with E-state index in [1.165, 1.54) is 30.6 Å². The molecular formula is C20H14F2N6. The van der Waals surface area contributed by atoms with E-state index in [9.17, 15) is 8.78 Å². The average molecular weight is 376 g/mol. The predicted octanol–water partition coefficient (Wildman–Crippen LogP) is 4.53. The molecule has 0 saturated heterocycles. The van der Waals surface area contributed by atoms with Crippen LogP contribution < -0.4 is 5.32 Å². The summed E-state index contributed by atoms with van der Waals surface area (Å²) in [6.45, 7) is 0. The highest BCUT2D eigenvalue weighted by Gasteiger charge is 2.18. The Morgan fingerprint density at radius 1 is 1.00 bits per heavy atom. The maximum absolute atomic E-state index is 13.5. The van der Waals surface area contributed by atoms with E-state index < -0.39 is 0 Å². The van der Waals surface area contributed by atoms with Crippen LogP contribution in [0.15, 0.2) is 55.0 Å². The first-order valence-electron chi connectivity index (χ1n) is 8.57. The first-order valence-corrected chi connectivity index (χ1v) is 8.57. The van der Waals surface area contributed by atoms with Gasteiger partial charge in [-0.25, -0.2) is 23.7 Å². The zero-order chi connectivity index (χ0) is 19.3. The van der Waals surface area contributed by atoms with Crippen LogP contribution in [0.25, 0.3) is 33.5 Å². The van der Waals surface area contributed by atoms with Crippen LogP contribution in [0.1, 0.15) is 0 Å². The number of aromatic amines is 1. The van der Waals surface area contributed by atoms with E-state index >= 15 is 0 Å². The Labute approximate surface area is 157 Å². The van der Waals surface area contributed by atoms with Crippen molar-refractivity contribution < 1.29 is 8.78 Å². The topological polar surface area (TPSA) is 71.4 Å². The zero-order valence-electron chi connectivity index (χ0n) is 14.7. The monoisotopic (exact) mass is 376 g/mol. The standard InChI is InChI=1S/C20H14F2N6/c1-28-9-14(18-26-15-7-4-12(22)8-16(15)27-18)17-19(23-10-24-20(17)28)25-13-5-2-11(21)3-6-13/h2-10H,1H3,(H,26,27)(H,23,24,25). The van der Waals surface area contributed by atoms with Gasteiger partial charge in [0.05, 0.1) is 16.4 Å². The van der Waals surface area contributed by atoms with Crippen molar-refractivity contribution in [2.45, 2.75) is 0 Å². The summed E-state index contributed by atoms with van der Waals surface area (Å²) in [5.41, 5.74) is 3.46. The fraction of sp³-hybridized carbons (Fsp3) is 0.0500. The number of fused-ring (bicyclic) bond motifs is 2. The van der Waals surface area contributed by atoms with Crippen LogP contribution in [-0.2, 0) is 7.05 Å². The number of aryl methyl sites for hydroxylation is 1. The Bertz CT molecular complexity index is 1320. The summed E-state index contributed by atoms with van der Waals surface area (Å²) < 4.78 is 28.6. The minimum atomic E-state index is -0.331. The summed E-state index contributed by atoms with van der Waals surface area (Å²) in [7, 11) is 1.88. The number of H-pyrrole nitrogens is 1. The van der Waals surface area contributed by atoms with Gasteiger partial charge in [0, 0.05) is 24.5 Å². The summed E-state index contributed by atoms with van der Waals surface area (Å²) in [5, 5.41) is 3.97. The number of rotatable bonds is 3. The van der Waals surface area contributed by atoms with E-state index in [1.54, 1.807) is 18.2 Å². The summed E-state index contributed by atoms with van der Waals surface area (Å²) >= 11 is 0. The Balaban J connectivity index is 1.69. The zero-order valence-corrected chi connectivity index (χ0v) is 14.7. The lowest BCUT2D eigenvalue weighted by molar-refractivity contribution is 0.628. The van der Waals surface area contributed by atoms with E-state index in [0.29, 0.717) is 34.0 Å². The first-order chi connectivity index (χ1) is 13.6. The third kappa shape index (κ3) is 2.66. The first kappa shape index (κ1) is 16.4. The van der Waals surface area contributed by atoms with Crippen LogP contribution in [0.2, 0.25) is 0 Å². The van der Waals surface area contributed by atoms with Gasteiger partial charge in [-0.15, -0.1) is 0 Å². The molecule has 0 atom stereocenters. The average Bonchev–Trinajstić information content (AvgIpc) is 3.25. The summed E-state index contributed by atoms with van der Waals surface area (Å²) in [6.07, 6.45) is 3.36. The third-order valence-electron chi connectivity index (χ3n) is 4.56. The smallest absolute Gasteiger partial charge is 0.145 e. The van der Waals surface area contributed by atoms with Crippen molar-refractivity contribution in [3.8, 4) is 11.4 Å². The lowest BCUT2D eigenvalue weighted by Gasteiger charge is -2.07. The Kier molecular flexibility index (Phi) is 3.58. The van der Waals surface area contributed by atoms with E-state index in [4.69, 9.17) is 0 Å². The van der Waals surface area contributed by atoms with Crippen molar-refractivity contribution >= 4 is 33.6 Å². The van der Waals surface area contributed by atoms with Gasteiger partial charge in [0.1, 0.15) is 35.3 Å². The maximum Gasteiger partial charge on any atom is 0.145 e. The molecule has 2 aromatic carbocycles. The van der Waals surface area contributed by atoms with Gasteiger partial charge in [-0.3, -0.25) is 0 Å². The molecule has 0 unspecified atom stereocenters. The van der Waals surface area contributed by atoms with E-state index in [-0.39, 0.29) is 11.6 Å². The molecule has 0 bridgehead atoms. The summed E-state index contributed by atoms with van der Waals surface area (Å²) in [5.74, 6) is 0.512. The highest BCUT2D eigenvalue weighted by molar-refractivity contribution is 6.01. The van der Waals surface area contributed by atoms with Crippen molar-refractivity contribution in [3.05, 3.63) is 66.6 Å². The van der Waals surface area contributed by atoms with Crippen LogP contribution in [0.5, 0.6) is 0 Å². The van der Waals surface area contributed by atoms with E-state index in [0.717, 1.165) is 10.9 Å². The molecule has 0 aliphatic heterocycles. The fourth-order valence-corrected chi connectivity index (χ4v) is 3.26. The van der Waals surface area contributed by atoms with Gasteiger partial charge in [-0.1, -0.05) is 0 Å². The molecule has 8 heteroatoms. The van der Waals surface area contributed by atoms with Crippen LogP contribution in [0.3, 0.4) is 0 Å². The van der Waals surface area contributed by atoms with Gasteiger partial charge in [0.15, 0.2) is 0 Å². The second kappa shape index (κ2) is 6.12. The van der Waals surface area contributed by atoms with Crippen LogP contribution in [0.4, 0.5) is 20.3 Å². The fourth-order valence-electron chi connectivity index (χ4n) is 3.26. The molecular weight excluding hydrogens is 362 g/mol. The maximum atomic E-state index is 13.5. The highest BCUT2D eigenvalue weighted by Crippen LogP contribution is 2.34. The molecule has 0 aliphatic carbocycles. The lowest BCUT2D eigenvalue weighted by atomic mass is 10.2. The Hall–Kier alpha value is -3.81. The molecule has 0 radical (unpaired) electrons. The molecule has 2 N–H and O–H groups in total. The number of benzene rings is 2.